The largest absolute Gasteiger partial charge is 0.481 e. The topological polar surface area (TPSA) is 47.2 Å². The Bertz CT molecular complexity index is 873. The summed E-state index contributed by atoms with van der Waals surface area (Å²) in [5.41, 5.74) is 1.33. The predicted molar refractivity (Wildman–Crippen MR) is 78.3 cm³/mol. The Kier molecular flexibility index (Phi) is 3.79. The highest BCUT2D eigenvalue weighted by molar-refractivity contribution is 7.71. The monoisotopic (exact) mass is 342 g/mol. The van der Waals surface area contributed by atoms with Gasteiger partial charge in [0.1, 0.15) is 0 Å². The van der Waals surface area contributed by atoms with Crippen LogP contribution < -0.4 is 0 Å². The van der Waals surface area contributed by atoms with E-state index in [0.29, 0.717) is 29.1 Å². The number of halogens is 3. The minimum Gasteiger partial charge on any atom is -0.481 e. The molecule has 3 rings (SSSR count). The molecule has 2 heterocycles. The van der Waals surface area contributed by atoms with Gasteiger partial charge in [0.25, 0.3) is 0 Å². The quantitative estimate of drug-likeness (QED) is 0.689. The number of aromatic nitrogens is 2. The zero-order chi connectivity index (χ0) is 16.9. The lowest BCUT2D eigenvalue weighted by Gasteiger charge is -2.12. The van der Waals surface area contributed by atoms with E-state index in [1.165, 1.54) is 6.07 Å². The standard InChI is InChI=1S/C15H13F3N2O2S/c1-19-10(5-12(21)22)11-4-7(6-20(11)15(19)23)8-2-3-9(16)14(18)13(8)17/h2-3,7H,4-6H2,1H3,(H,21,22). The second-order valence-corrected chi connectivity index (χ2v) is 5.95. The maximum atomic E-state index is 14.0. The molecule has 8 heteroatoms. The molecule has 4 nitrogen and oxygen atoms in total. The lowest BCUT2D eigenvalue weighted by atomic mass is 9.95. The summed E-state index contributed by atoms with van der Waals surface area (Å²) in [6, 6.07) is 2.12. The fourth-order valence-electron chi connectivity index (χ4n) is 3.12. The second kappa shape index (κ2) is 5.52. The number of imidazole rings is 1. The molecular weight excluding hydrogens is 329 g/mol. The number of aliphatic carboxylic acids is 1. The van der Waals surface area contributed by atoms with Crippen LogP contribution >= 0.6 is 12.2 Å². The number of rotatable bonds is 3. The molecule has 0 saturated heterocycles. The third-order valence-corrected chi connectivity index (χ3v) is 4.74. The molecule has 0 bridgehead atoms. The molecule has 0 radical (unpaired) electrons. The van der Waals surface area contributed by atoms with Gasteiger partial charge in [0.15, 0.2) is 22.2 Å². The van der Waals surface area contributed by atoms with Crippen LogP contribution in [0.3, 0.4) is 0 Å². The molecule has 0 fully saturated rings. The smallest absolute Gasteiger partial charge is 0.309 e. The highest BCUT2D eigenvalue weighted by Gasteiger charge is 2.31. The number of carboxylic acids is 1. The van der Waals surface area contributed by atoms with Crippen molar-refractivity contribution < 1.29 is 23.1 Å². The molecule has 0 spiro atoms. The summed E-state index contributed by atoms with van der Waals surface area (Å²) in [5, 5.41) is 9.02. The van der Waals surface area contributed by atoms with Crippen molar-refractivity contribution in [1.29, 1.82) is 0 Å². The van der Waals surface area contributed by atoms with Crippen molar-refractivity contribution in [3.63, 3.8) is 0 Å². The lowest BCUT2D eigenvalue weighted by molar-refractivity contribution is -0.136. The second-order valence-electron chi connectivity index (χ2n) is 5.58. The van der Waals surface area contributed by atoms with Gasteiger partial charge in [-0.3, -0.25) is 4.79 Å². The van der Waals surface area contributed by atoms with E-state index in [9.17, 15) is 18.0 Å². The van der Waals surface area contributed by atoms with Gasteiger partial charge in [-0.25, -0.2) is 13.2 Å². The van der Waals surface area contributed by atoms with Crippen LogP contribution in [0.1, 0.15) is 22.9 Å². The predicted octanol–water partition coefficient (Wildman–Crippen LogP) is 2.94. The molecule has 0 amide bonds. The summed E-state index contributed by atoms with van der Waals surface area (Å²) in [4.78, 5) is 11.0. The lowest BCUT2D eigenvalue weighted by Crippen LogP contribution is -2.10. The van der Waals surface area contributed by atoms with Gasteiger partial charge in [0, 0.05) is 25.2 Å². The zero-order valence-electron chi connectivity index (χ0n) is 12.1. The van der Waals surface area contributed by atoms with E-state index in [0.717, 1.165) is 6.07 Å². The van der Waals surface area contributed by atoms with E-state index >= 15 is 0 Å². The van der Waals surface area contributed by atoms with Crippen LogP contribution in [0.5, 0.6) is 0 Å². The van der Waals surface area contributed by atoms with Crippen molar-refractivity contribution in [2.24, 2.45) is 7.05 Å². The van der Waals surface area contributed by atoms with Gasteiger partial charge >= 0.3 is 5.97 Å². The molecule has 1 aliphatic heterocycles. The molecular formula is C15H13F3N2O2S. The van der Waals surface area contributed by atoms with Gasteiger partial charge in [0.2, 0.25) is 0 Å². The highest BCUT2D eigenvalue weighted by atomic mass is 32.1. The average molecular weight is 342 g/mol. The number of carbonyl (C=O) groups is 1. The molecule has 1 N–H and O–H groups in total. The number of nitrogens with zero attached hydrogens (tertiary/aromatic N) is 2. The van der Waals surface area contributed by atoms with Crippen LogP contribution in [0.2, 0.25) is 0 Å². The third-order valence-electron chi connectivity index (χ3n) is 4.25. The number of benzene rings is 1. The Morgan fingerprint density at radius 2 is 2.04 bits per heavy atom. The first kappa shape index (κ1) is 15.8. The van der Waals surface area contributed by atoms with Gasteiger partial charge in [-0.15, -0.1) is 0 Å². The van der Waals surface area contributed by atoms with E-state index < -0.39 is 29.3 Å². The van der Waals surface area contributed by atoms with Crippen molar-refractivity contribution in [3.8, 4) is 0 Å². The summed E-state index contributed by atoms with van der Waals surface area (Å²) in [5.74, 6) is -5.32. The summed E-state index contributed by atoms with van der Waals surface area (Å²) in [6.45, 7) is 0.309. The van der Waals surface area contributed by atoms with Crippen molar-refractivity contribution >= 4 is 18.2 Å². The SMILES string of the molecule is Cn1c(CC(=O)O)c2n(c1=S)CC(c1ccc(F)c(F)c1F)C2. The van der Waals surface area contributed by atoms with Crippen molar-refractivity contribution in [2.75, 3.05) is 0 Å². The van der Waals surface area contributed by atoms with E-state index in [1.54, 1.807) is 16.2 Å². The number of hydrogen-bond acceptors (Lipinski definition) is 2. The number of hydrogen-bond donors (Lipinski definition) is 1. The summed E-state index contributed by atoms with van der Waals surface area (Å²) in [7, 11) is 1.68. The van der Waals surface area contributed by atoms with Crippen molar-refractivity contribution in [2.45, 2.75) is 25.3 Å². The van der Waals surface area contributed by atoms with Gasteiger partial charge in [0.05, 0.1) is 12.1 Å². The summed E-state index contributed by atoms with van der Waals surface area (Å²) < 4.78 is 44.3. The maximum Gasteiger partial charge on any atom is 0.309 e. The molecule has 1 aromatic carbocycles. The van der Waals surface area contributed by atoms with Gasteiger partial charge in [-0.2, -0.15) is 0 Å². The fraction of sp³-hybridized carbons (Fsp3) is 0.333. The van der Waals surface area contributed by atoms with Crippen LogP contribution in [0, 0.1) is 22.2 Å². The van der Waals surface area contributed by atoms with Gasteiger partial charge in [-0.05, 0) is 30.3 Å². The highest BCUT2D eigenvalue weighted by Crippen LogP contribution is 2.35. The Hall–Kier alpha value is -2.09. The zero-order valence-corrected chi connectivity index (χ0v) is 13.0. The first-order valence-corrected chi connectivity index (χ1v) is 7.34. The van der Waals surface area contributed by atoms with Crippen LogP contribution in [0.4, 0.5) is 13.2 Å². The van der Waals surface area contributed by atoms with Crippen molar-refractivity contribution in [1.82, 2.24) is 9.13 Å². The first-order chi connectivity index (χ1) is 10.8. The molecule has 2 aromatic rings. The normalized spacial score (nSPS) is 16.6. The molecule has 122 valence electrons. The Morgan fingerprint density at radius 3 is 2.70 bits per heavy atom. The molecule has 0 saturated carbocycles. The van der Waals surface area contributed by atoms with Gasteiger partial charge in [-0.1, -0.05) is 6.07 Å². The van der Waals surface area contributed by atoms with E-state index in [4.69, 9.17) is 17.3 Å². The third kappa shape index (κ3) is 2.46. The molecule has 1 atom stereocenters. The van der Waals surface area contributed by atoms with Crippen LogP contribution in [-0.2, 0) is 31.2 Å². The average Bonchev–Trinajstić information content (AvgIpc) is 3.00. The summed E-state index contributed by atoms with van der Waals surface area (Å²) >= 11 is 5.28. The van der Waals surface area contributed by atoms with E-state index in [2.05, 4.69) is 0 Å². The van der Waals surface area contributed by atoms with Crippen molar-refractivity contribution in [3.05, 3.63) is 51.3 Å². The van der Waals surface area contributed by atoms with Gasteiger partial charge < -0.3 is 14.2 Å². The van der Waals surface area contributed by atoms with E-state index in [1.807, 2.05) is 0 Å². The fourth-order valence-corrected chi connectivity index (χ4v) is 3.42. The molecule has 0 aliphatic carbocycles. The molecule has 1 aliphatic rings. The minimum absolute atomic E-state index is 0.0749. The Balaban J connectivity index is 2.01. The minimum atomic E-state index is -1.49. The Labute approximate surface area is 134 Å². The summed E-state index contributed by atoms with van der Waals surface area (Å²) in [6.07, 6.45) is 0.130. The molecule has 23 heavy (non-hydrogen) atoms. The van der Waals surface area contributed by atoms with Crippen LogP contribution in [-0.4, -0.2) is 20.2 Å². The molecule has 1 unspecified atom stereocenters. The Morgan fingerprint density at radius 1 is 1.35 bits per heavy atom. The van der Waals surface area contributed by atoms with E-state index in [-0.39, 0.29) is 12.0 Å². The number of carboxylic acid groups (broad SMARTS) is 1. The molecule has 1 aromatic heterocycles. The van der Waals surface area contributed by atoms with Crippen LogP contribution in [0.25, 0.3) is 0 Å². The first-order valence-electron chi connectivity index (χ1n) is 6.93. The van der Waals surface area contributed by atoms with Crippen LogP contribution in [0.15, 0.2) is 12.1 Å². The maximum absolute atomic E-state index is 14.0. The number of fused-ring (bicyclic) bond motifs is 1.